The van der Waals surface area contributed by atoms with Gasteiger partial charge >= 0.3 is 0 Å². The Bertz CT molecular complexity index is 1190. The zero-order valence-electron chi connectivity index (χ0n) is 16.1. The minimum atomic E-state index is -0.458. The minimum Gasteiger partial charge on any atom is -0.488 e. The number of anilines is 1. The van der Waals surface area contributed by atoms with E-state index in [2.05, 4.69) is 0 Å². The van der Waals surface area contributed by atoms with Gasteiger partial charge in [0.15, 0.2) is 0 Å². The number of imide groups is 1. The number of hydrogen-bond donors (Lipinski definition) is 0. The van der Waals surface area contributed by atoms with Crippen molar-refractivity contribution in [2.75, 3.05) is 4.90 Å². The molecule has 0 spiro atoms. The average Bonchev–Trinajstić information content (AvgIpc) is 3.06. The molecule has 0 radical (unpaired) electrons. The number of para-hydroxylation sites is 2. The summed E-state index contributed by atoms with van der Waals surface area (Å²) in [6.07, 6.45) is 1.62. The molecule has 1 saturated heterocycles. The molecule has 3 aromatic rings. The molecule has 0 bridgehead atoms. The second-order valence-corrected chi connectivity index (χ2v) is 7.60. The lowest BCUT2D eigenvalue weighted by Crippen LogP contribution is -2.27. The summed E-state index contributed by atoms with van der Waals surface area (Å²) in [7, 11) is 0. The number of ether oxygens (including phenoxy) is 1. The number of carbonyl (C=O) groups excluding carboxylic acids is 2. The molecule has 0 aromatic heterocycles. The lowest BCUT2D eigenvalue weighted by Gasteiger charge is -2.12. The molecule has 0 aliphatic carbocycles. The molecule has 4 rings (SSSR count). The van der Waals surface area contributed by atoms with Crippen LogP contribution in [0.5, 0.6) is 5.75 Å². The Morgan fingerprint density at radius 1 is 0.968 bits per heavy atom. The minimum absolute atomic E-state index is 0.0102. The largest absolute Gasteiger partial charge is 0.488 e. The molecule has 1 fully saturated rings. The molecule has 1 heterocycles. The first-order valence-corrected chi connectivity index (χ1v) is 10.1. The molecule has 31 heavy (non-hydrogen) atoms. The van der Waals surface area contributed by atoms with Crippen LogP contribution in [0.2, 0.25) is 0 Å². The molecule has 7 nitrogen and oxygen atoms in total. The van der Waals surface area contributed by atoms with E-state index >= 15 is 0 Å². The fraction of sp³-hybridized carbons (Fsp3) is 0.0435. The topological polar surface area (TPSA) is 89.7 Å². The summed E-state index contributed by atoms with van der Waals surface area (Å²) in [6, 6.07) is 22.1. The summed E-state index contributed by atoms with van der Waals surface area (Å²) in [5, 5.41) is 10.6. The van der Waals surface area contributed by atoms with E-state index in [1.54, 1.807) is 66.7 Å². The van der Waals surface area contributed by atoms with E-state index in [4.69, 9.17) is 4.74 Å². The molecule has 3 aromatic carbocycles. The Hall–Kier alpha value is -3.91. The lowest BCUT2D eigenvalue weighted by molar-refractivity contribution is -0.384. The molecule has 154 valence electrons. The second-order valence-electron chi connectivity index (χ2n) is 6.61. The van der Waals surface area contributed by atoms with Gasteiger partial charge in [0.1, 0.15) is 12.4 Å². The third kappa shape index (κ3) is 4.49. The maximum absolute atomic E-state index is 12.8. The van der Waals surface area contributed by atoms with Crippen molar-refractivity contribution in [3.63, 3.8) is 0 Å². The predicted molar refractivity (Wildman–Crippen MR) is 119 cm³/mol. The first-order chi connectivity index (χ1) is 15.0. The summed E-state index contributed by atoms with van der Waals surface area (Å²) in [4.78, 5) is 37.2. The quantitative estimate of drug-likeness (QED) is 0.294. The van der Waals surface area contributed by atoms with Crippen molar-refractivity contribution in [3.05, 3.63) is 105 Å². The SMILES string of the molecule is O=C1SC(=Cc2ccccc2OCc2cccc([N+](=O)[O-])c2)C(=O)N1c1ccccc1. The van der Waals surface area contributed by atoms with Crippen LogP contribution in [0.4, 0.5) is 16.2 Å². The highest BCUT2D eigenvalue weighted by molar-refractivity contribution is 8.19. The van der Waals surface area contributed by atoms with Gasteiger partial charge in [0.05, 0.1) is 15.5 Å². The van der Waals surface area contributed by atoms with E-state index in [9.17, 15) is 19.7 Å². The molecule has 0 unspecified atom stereocenters. The number of carbonyl (C=O) groups is 2. The Morgan fingerprint density at radius 2 is 1.71 bits per heavy atom. The van der Waals surface area contributed by atoms with Crippen LogP contribution in [0.1, 0.15) is 11.1 Å². The lowest BCUT2D eigenvalue weighted by atomic mass is 10.1. The van der Waals surface area contributed by atoms with Crippen molar-refractivity contribution in [2.45, 2.75) is 6.61 Å². The van der Waals surface area contributed by atoms with Crippen molar-refractivity contribution in [2.24, 2.45) is 0 Å². The highest BCUT2D eigenvalue weighted by Gasteiger charge is 2.36. The molecule has 1 aliphatic heterocycles. The number of nitrogens with zero attached hydrogens (tertiary/aromatic N) is 2. The number of rotatable bonds is 6. The number of nitro groups is 1. The Labute approximate surface area is 182 Å². The van der Waals surface area contributed by atoms with Gasteiger partial charge in [-0.05, 0) is 41.6 Å². The molecule has 1 aliphatic rings. The van der Waals surface area contributed by atoms with E-state index in [-0.39, 0.29) is 17.5 Å². The smallest absolute Gasteiger partial charge is 0.298 e. The Kier molecular flexibility index (Phi) is 5.81. The summed E-state index contributed by atoms with van der Waals surface area (Å²) in [6.45, 7) is 0.123. The molecular weight excluding hydrogens is 416 g/mol. The fourth-order valence-corrected chi connectivity index (χ4v) is 3.89. The number of non-ortho nitro benzene ring substituents is 1. The average molecular weight is 432 g/mol. The fourth-order valence-electron chi connectivity index (χ4n) is 3.06. The molecule has 0 atom stereocenters. The summed E-state index contributed by atoms with van der Waals surface area (Å²) in [5.74, 6) is 0.107. The number of benzene rings is 3. The van der Waals surface area contributed by atoms with Gasteiger partial charge in [0.25, 0.3) is 16.8 Å². The number of amides is 2. The van der Waals surface area contributed by atoms with Crippen LogP contribution in [0.3, 0.4) is 0 Å². The molecule has 0 saturated carbocycles. The van der Waals surface area contributed by atoms with Crippen LogP contribution in [-0.4, -0.2) is 16.1 Å². The van der Waals surface area contributed by atoms with Gasteiger partial charge in [-0.1, -0.05) is 48.5 Å². The summed E-state index contributed by atoms with van der Waals surface area (Å²) >= 11 is 0.868. The van der Waals surface area contributed by atoms with Crippen LogP contribution < -0.4 is 9.64 Å². The van der Waals surface area contributed by atoms with Crippen molar-refractivity contribution >= 4 is 40.4 Å². The van der Waals surface area contributed by atoms with E-state index in [0.29, 0.717) is 27.5 Å². The Morgan fingerprint density at radius 3 is 2.48 bits per heavy atom. The number of hydrogen-bond acceptors (Lipinski definition) is 6. The molecular formula is C23H16N2O5S. The third-order valence-corrected chi connectivity index (χ3v) is 5.40. The van der Waals surface area contributed by atoms with Gasteiger partial charge in [0.2, 0.25) is 0 Å². The standard InChI is InChI=1S/C23H16N2O5S/c26-22-21(31-23(27)24(22)18-9-2-1-3-10-18)14-17-8-4-5-12-20(17)30-15-16-7-6-11-19(13-16)25(28)29/h1-14H,15H2. The van der Waals surface area contributed by atoms with E-state index in [0.717, 1.165) is 16.7 Å². The summed E-state index contributed by atoms with van der Waals surface area (Å²) < 4.78 is 5.86. The maximum atomic E-state index is 12.8. The maximum Gasteiger partial charge on any atom is 0.298 e. The zero-order valence-corrected chi connectivity index (χ0v) is 17.0. The molecule has 0 N–H and O–H groups in total. The van der Waals surface area contributed by atoms with Crippen LogP contribution in [0, 0.1) is 10.1 Å². The van der Waals surface area contributed by atoms with Crippen molar-refractivity contribution in [1.29, 1.82) is 0 Å². The highest BCUT2D eigenvalue weighted by atomic mass is 32.2. The summed E-state index contributed by atoms with van der Waals surface area (Å²) in [5.41, 5.74) is 1.78. The first kappa shape index (κ1) is 20.4. The van der Waals surface area contributed by atoms with E-state index in [1.165, 1.54) is 12.1 Å². The second kappa shape index (κ2) is 8.85. The van der Waals surface area contributed by atoms with Crippen molar-refractivity contribution in [3.8, 4) is 5.75 Å². The van der Waals surface area contributed by atoms with Crippen LogP contribution in [-0.2, 0) is 11.4 Å². The number of thioether (sulfide) groups is 1. The van der Waals surface area contributed by atoms with Crippen molar-refractivity contribution in [1.82, 2.24) is 0 Å². The van der Waals surface area contributed by atoms with Gasteiger partial charge in [0, 0.05) is 17.7 Å². The van der Waals surface area contributed by atoms with Gasteiger partial charge in [-0.15, -0.1) is 0 Å². The normalized spacial score (nSPS) is 14.8. The van der Waals surface area contributed by atoms with Gasteiger partial charge in [-0.25, -0.2) is 4.90 Å². The Balaban J connectivity index is 1.56. The monoisotopic (exact) mass is 432 g/mol. The third-order valence-electron chi connectivity index (χ3n) is 4.53. The molecule has 8 heteroatoms. The van der Waals surface area contributed by atoms with Gasteiger partial charge in [-0.2, -0.15) is 0 Å². The predicted octanol–water partition coefficient (Wildman–Crippen LogP) is 5.41. The van der Waals surface area contributed by atoms with E-state index in [1.807, 2.05) is 6.07 Å². The van der Waals surface area contributed by atoms with E-state index < -0.39 is 10.8 Å². The molecule has 2 amide bonds. The number of nitro benzene ring substituents is 1. The van der Waals surface area contributed by atoms with Crippen LogP contribution >= 0.6 is 11.8 Å². The van der Waals surface area contributed by atoms with Gasteiger partial charge < -0.3 is 4.74 Å². The highest BCUT2D eigenvalue weighted by Crippen LogP contribution is 2.36. The first-order valence-electron chi connectivity index (χ1n) is 9.31. The van der Waals surface area contributed by atoms with Crippen LogP contribution in [0.25, 0.3) is 6.08 Å². The zero-order chi connectivity index (χ0) is 21.8. The van der Waals surface area contributed by atoms with Crippen LogP contribution in [0.15, 0.2) is 83.8 Å². The van der Waals surface area contributed by atoms with Gasteiger partial charge in [-0.3, -0.25) is 19.7 Å². The van der Waals surface area contributed by atoms with Crippen molar-refractivity contribution < 1.29 is 19.2 Å².